The zero-order valence-electron chi connectivity index (χ0n) is 22.3. The van der Waals surface area contributed by atoms with Gasteiger partial charge in [0.05, 0.1) is 24.4 Å². The number of esters is 1. The Hall–Kier alpha value is -3.11. The largest absolute Gasteiger partial charge is 0.463 e. The molecule has 0 bridgehead atoms. The number of aromatic nitrogens is 2. The van der Waals surface area contributed by atoms with Gasteiger partial charge in [0.15, 0.2) is 0 Å². The average Bonchev–Trinajstić information content (AvgIpc) is 3.13. The Balaban J connectivity index is 2.47. The fraction of sp³-hybridized carbons (Fsp3) is 0.536. The predicted molar refractivity (Wildman–Crippen MR) is 141 cm³/mol. The summed E-state index contributed by atoms with van der Waals surface area (Å²) < 4.78 is 6.83. The van der Waals surface area contributed by atoms with Crippen LogP contribution in [0.5, 0.6) is 0 Å². The van der Waals surface area contributed by atoms with E-state index in [9.17, 15) is 9.59 Å². The molecule has 0 unspecified atom stereocenters. The molecule has 7 heteroatoms. The minimum atomic E-state index is -0.432. The lowest BCUT2D eigenvalue weighted by Crippen LogP contribution is -2.34. The van der Waals surface area contributed by atoms with E-state index in [1.54, 1.807) is 13.0 Å². The third-order valence-corrected chi connectivity index (χ3v) is 5.40. The number of rotatable bonds is 11. The summed E-state index contributed by atoms with van der Waals surface area (Å²) in [6.45, 7) is 12.8. The van der Waals surface area contributed by atoms with Crippen molar-refractivity contribution in [3.63, 3.8) is 0 Å². The lowest BCUT2D eigenvalue weighted by atomic mass is 10.1. The predicted octanol–water partition coefficient (Wildman–Crippen LogP) is 4.36. The molecule has 0 N–H and O–H groups in total. The molecule has 0 aliphatic carbocycles. The van der Waals surface area contributed by atoms with Crippen molar-refractivity contribution in [2.45, 2.75) is 47.5 Å². The van der Waals surface area contributed by atoms with Crippen LogP contribution in [0.3, 0.4) is 0 Å². The highest BCUT2D eigenvalue weighted by Crippen LogP contribution is 2.17. The number of hydrogen-bond acceptors (Lipinski definition) is 5. The molecule has 0 atom stereocenters. The number of carbonyl (C=O) groups is 2. The lowest BCUT2D eigenvalue weighted by molar-refractivity contribution is -0.137. The van der Waals surface area contributed by atoms with Crippen LogP contribution >= 0.6 is 0 Å². The van der Waals surface area contributed by atoms with Crippen molar-refractivity contribution in [2.75, 3.05) is 40.3 Å². The van der Waals surface area contributed by atoms with Crippen molar-refractivity contribution in [1.29, 1.82) is 0 Å². The highest BCUT2D eigenvalue weighted by molar-refractivity contribution is 5.94. The number of nitrogens with zero attached hydrogens (tertiary/aromatic N) is 4. The van der Waals surface area contributed by atoms with Crippen LogP contribution in [0.1, 0.15) is 69.2 Å². The number of amides is 1. The van der Waals surface area contributed by atoms with E-state index < -0.39 is 5.97 Å². The molecule has 2 rings (SSSR count). The van der Waals surface area contributed by atoms with Gasteiger partial charge in [-0.15, -0.1) is 0 Å². The maximum atomic E-state index is 13.5. The Morgan fingerprint density at radius 3 is 2.34 bits per heavy atom. The van der Waals surface area contributed by atoms with Gasteiger partial charge in [0.1, 0.15) is 11.3 Å². The van der Waals surface area contributed by atoms with E-state index in [2.05, 4.69) is 44.5 Å². The van der Waals surface area contributed by atoms with E-state index in [4.69, 9.17) is 4.74 Å². The highest BCUT2D eigenvalue weighted by Gasteiger charge is 2.18. The smallest absolute Gasteiger partial charge is 0.330 e. The second-order valence-electron chi connectivity index (χ2n) is 9.77. The highest BCUT2D eigenvalue weighted by atomic mass is 16.5. The summed E-state index contributed by atoms with van der Waals surface area (Å²) in [5, 5.41) is 0. The topological polar surface area (TPSA) is 67.1 Å². The lowest BCUT2D eigenvalue weighted by Gasteiger charge is -2.24. The van der Waals surface area contributed by atoms with Gasteiger partial charge in [-0.1, -0.05) is 33.6 Å². The first-order chi connectivity index (χ1) is 16.6. The Bertz CT molecular complexity index is 1070. The molecular formula is C28H40N4O3. The van der Waals surface area contributed by atoms with Crippen molar-refractivity contribution in [1.82, 2.24) is 19.2 Å². The van der Waals surface area contributed by atoms with Crippen molar-refractivity contribution in [2.24, 2.45) is 11.8 Å². The van der Waals surface area contributed by atoms with Gasteiger partial charge in [0.25, 0.3) is 5.91 Å². The quantitative estimate of drug-likeness (QED) is 0.272. The third-order valence-electron chi connectivity index (χ3n) is 5.40. The zero-order chi connectivity index (χ0) is 26.0. The standard InChI is InChI=1S/C28H40N4O3/c1-8-35-27(33)14-12-24-25(10-9-17-30(6)7)32-20-23(11-13-26(32)29-24)28(34)31(18-15-21(2)3)19-16-22(4)5/h11-14,20-22H,8,15-19H2,1-7H3. The van der Waals surface area contributed by atoms with Crippen LogP contribution in [0, 0.1) is 23.7 Å². The molecule has 2 aromatic heterocycles. The van der Waals surface area contributed by atoms with Crippen molar-refractivity contribution in [3.05, 3.63) is 41.4 Å². The number of imidazole rings is 1. The summed E-state index contributed by atoms with van der Waals surface area (Å²) in [5.41, 5.74) is 2.45. The normalized spacial score (nSPS) is 11.5. The van der Waals surface area contributed by atoms with Crippen molar-refractivity contribution < 1.29 is 14.3 Å². The van der Waals surface area contributed by atoms with Crippen LogP contribution in [0.2, 0.25) is 0 Å². The second kappa shape index (κ2) is 13.7. The van der Waals surface area contributed by atoms with Gasteiger partial charge in [-0.25, -0.2) is 9.78 Å². The van der Waals surface area contributed by atoms with E-state index in [-0.39, 0.29) is 5.91 Å². The molecule has 0 fully saturated rings. The summed E-state index contributed by atoms with van der Waals surface area (Å²) in [7, 11) is 3.90. The van der Waals surface area contributed by atoms with Gasteiger partial charge in [-0.2, -0.15) is 0 Å². The van der Waals surface area contributed by atoms with Crippen LogP contribution in [0.25, 0.3) is 11.7 Å². The third kappa shape index (κ3) is 8.88. The Kier molecular flexibility index (Phi) is 11.0. The first-order valence-electron chi connectivity index (χ1n) is 12.4. The number of carbonyl (C=O) groups excluding carboxylic acids is 2. The molecule has 2 heterocycles. The maximum Gasteiger partial charge on any atom is 0.330 e. The summed E-state index contributed by atoms with van der Waals surface area (Å²) in [6, 6.07) is 3.65. The molecule has 1 amide bonds. The summed E-state index contributed by atoms with van der Waals surface area (Å²) in [6.07, 6.45) is 6.70. The van der Waals surface area contributed by atoms with Crippen LogP contribution in [0.4, 0.5) is 0 Å². The molecule has 7 nitrogen and oxygen atoms in total. The molecule has 0 saturated heterocycles. The minimum absolute atomic E-state index is 0.0118. The van der Waals surface area contributed by atoms with Crippen LogP contribution in [-0.2, 0) is 9.53 Å². The fourth-order valence-corrected chi connectivity index (χ4v) is 3.37. The van der Waals surface area contributed by atoms with Gasteiger partial charge in [-0.05, 0) is 69.8 Å². The summed E-state index contributed by atoms with van der Waals surface area (Å²) in [4.78, 5) is 33.9. The molecule has 35 heavy (non-hydrogen) atoms. The van der Waals surface area contributed by atoms with Crippen molar-refractivity contribution >= 4 is 23.6 Å². The number of hydrogen-bond donors (Lipinski definition) is 0. The van der Waals surface area contributed by atoms with E-state index in [0.29, 0.717) is 47.6 Å². The zero-order valence-corrected chi connectivity index (χ0v) is 22.3. The molecular weight excluding hydrogens is 440 g/mol. The number of pyridine rings is 1. The molecule has 0 aliphatic heterocycles. The molecule has 0 spiro atoms. The van der Waals surface area contributed by atoms with Gasteiger partial charge in [-0.3, -0.25) is 14.1 Å². The minimum Gasteiger partial charge on any atom is -0.463 e. The van der Waals surface area contributed by atoms with Crippen LogP contribution < -0.4 is 0 Å². The first-order valence-corrected chi connectivity index (χ1v) is 12.4. The molecule has 2 aromatic rings. The second-order valence-corrected chi connectivity index (χ2v) is 9.77. The van der Waals surface area contributed by atoms with E-state index >= 15 is 0 Å². The monoisotopic (exact) mass is 480 g/mol. The van der Waals surface area contributed by atoms with Gasteiger partial charge in [0.2, 0.25) is 0 Å². The summed E-state index contributed by atoms with van der Waals surface area (Å²) >= 11 is 0. The summed E-state index contributed by atoms with van der Waals surface area (Å²) in [5.74, 6) is 6.94. The molecule has 0 aliphatic rings. The molecule has 0 radical (unpaired) electrons. The number of fused-ring (bicyclic) bond motifs is 1. The fourth-order valence-electron chi connectivity index (χ4n) is 3.37. The van der Waals surface area contributed by atoms with E-state index in [1.165, 1.54) is 6.08 Å². The van der Waals surface area contributed by atoms with Crippen LogP contribution in [0.15, 0.2) is 24.4 Å². The molecule has 0 saturated carbocycles. The van der Waals surface area contributed by atoms with Gasteiger partial charge in [0, 0.05) is 25.4 Å². The van der Waals surface area contributed by atoms with Gasteiger partial charge < -0.3 is 9.64 Å². The average molecular weight is 481 g/mol. The van der Waals surface area contributed by atoms with E-state index in [1.807, 2.05) is 46.6 Å². The number of ether oxygens (including phenoxy) is 1. The Labute approximate surface area is 210 Å². The van der Waals surface area contributed by atoms with Crippen LogP contribution in [-0.4, -0.2) is 71.4 Å². The van der Waals surface area contributed by atoms with Crippen molar-refractivity contribution in [3.8, 4) is 11.8 Å². The molecule has 190 valence electrons. The van der Waals surface area contributed by atoms with E-state index in [0.717, 1.165) is 25.9 Å². The Morgan fingerprint density at radius 1 is 1.11 bits per heavy atom. The molecule has 0 aromatic carbocycles. The maximum absolute atomic E-state index is 13.5. The van der Waals surface area contributed by atoms with Gasteiger partial charge >= 0.3 is 5.97 Å². The first kappa shape index (κ1) is 28.1. The SMILES string of the molecule is CCOC(=O)C=Cc1nc2ccc(C(=O)N(CCC(C)C)CCC(C)C)cn2c1C#CCN(C)C. The Morgan fingerprint density at radius 2 is 1.77 bits per heavy atom.